The normalized spacial score (nSPS) is 11.5. The van der Waals surface area contributed by atoms with E-state index in [-0.39, 0.29) is 11.9 Å². The Kier molecular flexibility index (Phi) is 5.93. The highest BCUT2D eigenvalue weighted by atomic mass is 32.1. The molecule has 0 aliphatic carbocycles. The topological polar surface area (TPSA) is 44.4 Å². The van der Waals surface area contributed by atoms with Crippen molar-refractivity contribution in [3.8, 4) is 0 Å². The minimum atomic E-state index is -0.0183. The third-order valence-electron chi connectivity index (χ3n) is 3.72. The van der Waals surface area contributed by atoms with Gasteiger partial charge in [-0.15, -0.1) is 0 Å². The summed E-state index contributed by atoms with van der Waals surface area (Å²) in [7, 11) is 3.47. The van der Waals surface area contributed by atoms with Crippen molar-refractivity contribution in [3.63, 3.8) is 0 Å². The molecule has 2 rings (SSSR count). The number of hydrogen-bond acceptors (Lipinski definition) is 2. The second kappa shape index (κ2) is 7.93. The van der Waals surface area contributed by atoms with Gasteiger partial charge in [0.15, 0.2) is 5.11 Å². The summed E-state index contributed by atoms with van der Waals surface area (Å²) < 4.78 is 0. The van der Waals surface area contributed by atoms with Gasteiger partial charge in [0.1, 0.15) is 0 Å². The molecule has 0 fully saturated rings. The van der Waals surface area contributed by atoms with E-state index >= 15 is 0 Å². The Hall–Kier alpha value is -2.40. The molecular weight excluding hydrogens is 318 g/mol. The number of carbonyl (C=O) groups is 1. The second-order valence-electron chi connectivity index (χ2n) is 6.01. The summed E-state index contributed by atoms with van der Waals surface area (Å²) >= 11 is 5.37. The van der Waals surface area contributed by atoms with Crippen molar-refractivity contribution >= 4 is 28.9 Å². The standard InChI is InChI=1S/C19H23N3OS/c1-13-5-7-15(8-6-13)14(2)20-19(24)21-17-11-9-16(10-12-17)18(23)22(3)4/h5-12,14H,1-4H3,(H2,20,21,24)/t14-/m0/s1. The van der Waals surface area contributed by atoms with Crippen LogP contribution in [0.3, 0.4) is 0 Å². The van der Waals surface area contributed by atoms with Crippen LogP contribution >= 0.6 is 12.2 Å². The van der Waals surface area contributed by atoms with E-state index in [1.807, 2.05) is 12.1 Å². The highest BCUT2D eigenvalue weighted by Crippen LogP contribution is 2.14. The fourth-order valence-corrected chi connectivity index (χ4v) is 2.55. The number of anilines is 1. The molecule has 1 atom stereocenters. The van der Waals surface area contributed by atoms with E-state index in [0.717, 1.165) is 5.69 Å². The van der Waals surface area contributed by atoms with Crippen LogP contribution < -0.4 is 10.6 Å². The van der Waals surface area contributed by atoms with E-state index < -0.39 is 0 Å². The molecule has 126 valence electrons. The van der Waals surface area contributed by atoms with Gasteiger partial charge in [-0.3, -0.25) is 4.79 Å². The minimum Gasteiger partial charge on any atom is -0.356 e. The first-order valence-electron chi connectivity index (χ1n) is 7.82. The summed E-state index contributed by atoms with van der Waals surface area (Å²) in [4.78, 5) is 13.4. The third-order valence-corrected chi connectivity index (χ3v) is 3.94. The average molecular weight is 341 g/mol. The molecule has 2 aromatic rings. The van der Waals surface area contributed by atoms with Gasteiger partial charge in [0.2, 0.25) is 0 Å². The fraction of sp³-hybridized carbons (Fsp3) is 0.263. The summed E-state index contributed by atoms with van der Waals surface area (Å²) in [6.07, 6.45) is 0. The van der Waals surface area contributed by atoms with E-state index in [0.29, 0.717) is 10.7 Å². The van der Waals surface area contributed by atoms with Crippen molar-refractivity contribution in [2.75, 3.05) is 19.4 Å². The molecule has 0 saturated heterocycles. The maximum Gasteiger partial charge on any atom is 0.253 e. The monoisotopic (exact) mass is 341 g/mol. The largest absolute Gasteiger partial charge is 0.356 e. The minimum absolute atomic E-state index is 0.0183. The van der Waals surface area contributed by atoms with Gasteiger partial charge in [-0.25, -0.2) is 0 Å². The quantitative estimate of drug-likeness (QED) is 0.832. The van der Waals surface area contributed by atoms with Gasteiger partial charge < -0.3 is 15.5 Å². The Balaban J connectivity index is 1.94. The maximum absolute atomic E-state index is 11.9. The van der Waals surface area contributed by atoms with E-state index in [9.17, 15) is 4.79 Å². The molecule has 0 radical (unpaired) electrons. The summed E-state index contributed by atoms with van der Waals surface area (Å²) in [5.74, 6) is -0.0183. The van der Waals surface area contributed by atoms with Crippen molar-refractivity contribution in [3.05, 3.63) is 65.2 Å². The molecule has 0 heterocycles. The molecule has 5 heteroatoms. The fourth-order valence-electron chi connectivity index (χ4n) is 2.26. The van der Waals surface area contributed by atoms with Crippen LogP contribution in [0.2, 0.25) is 0 Å². The number of nitrogens with zero attached hydrogens (tertiary/aromatic N) is 1. The number of amides is 1. The van der Waals surface area contributed by atoms with E-state index in [1.165, 1.54) is 11.1 Å². The molecule has 0 aliphatic rings. The summed E-state index contributed by atoms with van der Waals surface area (Å²) in [6.45, 7) is 4.14. The molecule has 2 aromatic carbocycles. The van der Waals surface area contributed by atoms with Crippen LogP contribution in [0.25, 0.3) is 0 Å². The molecular formula is C19H23N3OS. The molecule has 0 unspecified atom stereocenters. The van der Waals surface area contributed by atoms with Crippen LogP contribution in [0, 0.1) is 6.92 Å². The molecule has 4 nitrogen and oxygen atoms in total. The van der Waals surface area contributed by atoms with Crippen molar-refractivity contribution in [2.45, 2.75) is 19.9 Å². The zero-order chi connectivity index (χ0) is 17.7. The van der Waals surface area contributed by atoms with Crippen molar-refractivity contribution < 1.29 is 4.79 Å². The van der Waals surface area contributed by atoms with Crippen LogP contribution in [-0.4, -0.2) is 30.0 Å². The zero-order valence-electron chi connectivity index (χ0n) is 14.5. The Labute approximate surface area is 148 Å². The predicted molar refractivity (Wildman–Crippen MR) is 103 cm³/mol. The van der Waals surface area contributed by atoms with Crippen molar-refractivity contribution in [1.29, 1.82) is 0 Å². The van der Waals surface area contributed by atoms with Crippen molar-refractivity contribution in [1.82, 2.24) is 10.2 Å². The molecule has 24 heavy (non-hydrogen) atoms. The summed E-state index contributed by atoms with van der Waals surface area (Å²) in [6, 6.07) is 15.7. The first kappa shape index (κ1) is 17.9. The molecule has 0 aliphatic heterocycles. The van der Waals surface area contributed by atoms with Crippen LogP contribution in [0.15, 0.2) is 48.5 Å². The van der Waals surface area contributed by atoms with Gasteiger partial charge in [-0.05, 0) is 55.9 Å². The maximum atomic E-state index is 11.9. The van der Waals surface area contributed by atoms with Crippen LogP contribution in [0.4, 0.5) is 5.69 Å². The van der Waals surface area contributed by atoms with Gasteiger partial charge >= 0.3 is 0 Å². The van der Waals surface area contributed by atoms with E-state index in [4.69, 9.17) is 12.2 Å². The number of thiocarbonyl (C=S) groups is 1. The number of aryl methyl sites for hydroxylation is 1. The SMILES string of the molecule is Cc1ccc([C@H](C)NC(=S)Nc2ccc(C(=O)N(C)C)cc2)cc1. The van der Waals surface area contributed by atoms with Gasteiger partial charge in [0.25, 0.3) is 5.91 Å². The Bertz CT molecular complexity index is 708. The van der Waals surface area contributed by atoms with Gasteiger partial charge in [0.05, 0.1) is 6.04 Å². The Morgan fingerprint density at radius 2 is 1.62 bits per heavy atom. The number of carbonyl (C=O) groups excluding carboxylic acids is 1. The van der Waals surface area contributed by atoms with E-state index in [1.54, 1.807) is 31.1 Å². The lowest BCUT2D eigenvalue weighted by molar-refractivity contribution is 0.0827. The number of nitrogens with one attached hydrogen (secondary N) is 2. The second-order valence-corrected chi connectivity index (χ2v) is 6.42. The highest BCUT2D eigenvalue weighted by Gasteiger charge is 2.09. The molecule has 1 amide bonds. The summed E-state index contributed by atoms with van der Waals surface area (Å²) in [5.41, 5.74) is 3.91. The molecule has 0 aromatic heterocycles. The molecule has 0 saturated carbocycles. The van der Waals surface area contributed by atoms with Crippen LogP contribution in [-0.2, 0) is 0 Å². The Morgan fingerprint density at radius 1 is 1.04 bits per heavy atom. The molecule has 0 spiro atoms. The first-order valence-corrected chi connectivity index (χ1v) is 8.23. The van der Waals surface area contributed by atoms with Crippen LogP contribution in [0.5, 0.6) is 0 Å². The first-order chi connectivity index (χ1) is 11.4. The van der Waals surface area contributed by atoms with Crippen LogP contribution in [0.1, 0.15) is 34.5 Å². The highest BCUT2D eigenvalue weighted by molar-refractivity contribution is 7.80. The van der Waals surface area contributed by atoms with Gasteiger partial charge in [0, 0.05) is 25.3 Å². The van der Waals surface area contributed by atoms with Gasteiger partial charge in [-0.2, -0.15) is 0 Å². The van der Waals surface area contributed by atoms with Gasteiger partial charge in [-0.1, -0.05) is 29.8 Å². The van der Waals surface area contributed by atoms with Crippen molar-refractivity contribution in [2.24, 2.45) is 0 Å². The molecule has 2 N–H and O–H groups in total. The number of benzene rings is 2. The summed E-state index contributed by atoms with van der Waals surface area (Å²) in [5, 5.41) is 6.96. The Morgan fingerprint density at radius 3 is 2.17 bits per heavy atom. The number of hydrogen-bond donors (Lipinski definition) is 2. The van der Waals surface area contributed by atoms with E-state index in [2.05, 4.69) is 48.7 Å². The lowest BCUT2D eigenvalue weighted by Crippen LogP contribution is -2.30. The smallest absolute Gasteiger partial charge is 0.253 e. The third kappa shape index (κ3) is 4.80. The number of rotatable bonds is 4. The lowest BCUT2D eigenvalue weighted by Gasteiger charge is -2.18. The predicted octanol–water partition coefficient (Wildman–Crippen LogP) is 3.74. The molecule has 0 bridgehead atoms. The zero-order valence-corrected chi connectivity index (χ0v) is 15.3. The average Bonchev–Trinajstić information content (AvgIpc) is 2.55. The lowest BCUT2D eigenvalue weighted by atomic mass is 10.1.